The third-order valence-electron chi connectivity index (χ3n) is 2.29. The fraction of sp³-hybridized carbons (Fsp3) is 0.417. The van der Waals surface area contributed by atoms with Gasteiger partial charge in [0.1, 0.15) is 0 Å². The van der Waals surface area contributed by atoms with E-state index in [1.54, 1.807) is 31.2 Å². The summed E-state index contributed by atoms with van der Waals surface area (Å²) >= 11 is 0. The van der Waals surface area contributed by atoms with Gasteiger partial charge in [0.15, 0.2) is 11.5 Å². The van der Waals surface area contributed by atoms with Crippen LogP contribution in [0.1, 0.15) is 24.2 Å². The second-order valence-corrected chi connectivity index (χ2v) is 3.49. The van der Waals surface area contributed by atoms with E-state index in [4.69, 9.17) is 19.2 Å². The van der Waals surface area contributed by atoms with Crippen LogP contribution >= 0.6 is 0 Å². The molecule has 0 atom stereocenters. The van der Waals surface area contributed by atoms with Crippen LogP contribution in [0.25, 0.3) is 0 Å². The molecule has 17 heavy (non-hydrogen) atoms. The van der Waals surface area contributed by atoms with Gasteiger partial charge >= 0.3 is 5.97 Å². The van der Waals surface area contributed by atoms with Crippen molar-refractivity contribution < 1.29 is 24.0 Å². The number of ether oxygens (including phenoxy) is 2. The van der Waals surface area contributed by atoms with Crippen LogP contribution in [0.5, 0.6) is 5.75 Å². The molecule has 0 bridgehead atoms. The summed E-state index contributed by atoms with van der Waals surface area (Å²) in [5.41, 5.74) is 0.432. The number of ketones is 1. The van der Waals surface area contributed by atoms with Crippen molar-refractivity contribution in [3.8, 4) is 5.75 Å². The number of hydrogen-bond donors (Lipinski definition) is 0. The van der Waals surface area contributed by atoms with Crippen molar-refractivity contribution in [2.24, 2.45) is 0 Å². The summed E-state index contributed by atoms with van der Waals surface area (Å²) in [7, 11) is 2.84. The molecular formula is C12H16O5. The standard InChI is InChI=1S/C12H16O5/c1-9(13)10-7-5-6-8-11(10)16-17-12(2,14-3)15-4/h5-8H,1-4H3. The highest BCUT2D eigenvalue weighted by atomic mass is 17.3. The number of carbonyl (C=O) groups excluding carboxylic acids is 1. The minimum Gasteiger partial charge on any atom is -0.331 e. The first-order chi connectivity index (χ1) is 8.02. The van der Waals surface area contributed by atoms with Crippen molar-refractivity contribution in [3.05, 3.63) is 29.8 Å². The predicted molar refractivity (Wildman–Crippen MR) is 60.6 cm³/mol. The van der Waals surface area contributed by atoms with Gasteiger partial charge in [-0.15, -0.1) is 4.89 Å². The molecular weight excluding hydrogens is 224 g/mol. The molecule has 1 rings (SSSR count). The topological polar surface area (TPSA) is 54.0 Å². The van der Waals surface area contributed by atoms with Gasteiger partial charge in [0.05, 0.1) is 5.56 Å². The smallest absolute Gasteiger partial charge is 0.319 e. The maximum atomic E-state index is 11.3. The van der Waals surface area contributed by atoms with E-state index in [2.05, 4.69) is 0 Å². The van der Waals surface area contributed by atoms with Crippen molar-refractivity contribution in [3.63, 3.8) is 0 Å². The average Bonchev–Trinajstić information content (AvgIpc) is 2.36. The minimum absolute atomic E-state index is 0.110. The van der Waals surface area contributed by atoms with Crippen LogP contribution in [0.3, 0.4) is 0 Å². The molecule has 0 radical (unpaired) electrons. The van der Waals surface area contributed by atoms with E-state index in [1.165, 1.54) is 21.1 Å². The summed E-state index contributed by atoms with van der Waals surface area (Å²) in [6.07, 6.45) is 0. The summed E-state index contributed by atoms with van der Waals surface area (Å²) in [5, 5.41) is 0. The third-order valence-corrected chi connectivity index (χ3v) is 2.29. The fourth-order valence-corrected chi connectivity index (χ4v) is 1.10. The van der Waals surface area contributed by atoms with Crippen LogP contribution in [-0.2, 0) is 14.4 Å². The van der Waals surface area contributed by atoms with E-state index >= 15 is 0 Å². The third kappa shape index (κ3) is 3.52. The molecule has 0 aliphatic heterocycles. The van der Waals surface area contributed by atoms with Gasteiger partial charge in [-0.1, -0.05) is 12.1 Å². The molecule has 0 amide bonds. The number of carbonyl (C=O) groups is 1. The lowest BCUT2D eigenvalue weighted by atomic mass is 10.1. The van der Waals surface area contributed by atoms with Crippen LogP contribution < -0.4 is 4.89 Å². The Kier molecular flexibility index (Phi) is 4.62. The van der Waals surface area contributed by atoms with Crippen molar-refractivity contribution in [1.29, 1.82) is 0 Å². The van der Waals surface area contributed by atoms with Gasteiger partial charge in [0.25, 0.3) is 0 Å². The molecule has 1 aromatic carbocycles. The molecule has 5 nitrogen and oxygen atoms in total. The van der Waals surface area contributed by atoms with E-state index in [0.717, 1.165) is 0 Å². The highest BCUT2D eigenvalue weighted by molar-refractivity contribution is 5.96. The molecule has 0 saturated carbocycles. The maximum absolute atomic E-state index is 11.3. The first-order valence-corrected chi connectivity index (χ1v) is 5.08. The molecule has 0 saturated heterocycles. The molecule has 1 aromatic rings. The van der Waals surface area contributed by atoms with Gasteiger partial charge in [-0.2, -0.15) is 0 Å². The molecule has 0 spiro atoms. The Balaban J connectivity index is 2.79. The molecule has 0 N–H and O–H groups in total. The van der Waals surface area contributed by atoms with E-state index < -0.39 is 5.97 Å². The van der Waals surface area contributed by atoms with E-state index in [0.29, 0.717) is 11.3 Å². The largest absolute Gasteiger partial charge is 0.331 e. The number of rotatable bonds is 6. The van der Waals surface area contributed by atoms with Gasteiger partial charge in [-0.05, 0) is 19.1 Å². The van der Waals surface area contributed by atoms with Gasteiger partial charge in [0, 0.05) is 21.1 Å². The predicted octanol–water partition coefficient (Wildman–Crippen LogP) is 2.17. The quantitative estimate of drug-likeness (QED) is 0.330. The zero-order valence-electron chi connectivity index (χ0n) is 10.4. The normalized spacial score (nSPS) is 11.3. The van der Waals surface area contributed by atoms with E-state index in [1.807, 2.05) is 0 Å². The Bertz CT molecular complexity index is 384. The highest BCUT2D eigenvalue weighted by Gasteiger charge is 2.27. The van der Waals surface area contributed by atoms with Crippen molar-refractivity contribution in [2.75, 3.05) is 14.2 Å². The van der Waals surface area contributed by atoms with Crippen LogP contribution in [0.4, 0.5) is 0 Å². The van der Waals surface area contributed by atoms with Crippen LogP contribution in [0, 0.1) is 0 Å². The Morgan fingerprint density at radius 1 is 1.18 bits per heavy atom. The van der Waals surface area contributed by atoms with Crippen molar-refractivity contribution in [1.82, 2.24) is 0 Å². The van der Waals surface area contributed by atoms with Gasteiger partial charge in [0.2, 0.25) is 0 Å². The number of Topliss-reactive ketones (excluding diaryl/α,β-unsaturated/α-hetero) is 1. The molecule has 0 aliphatic rings. The number of methoxy groups -OCH3 is 2. The number of hydrogen-bond acceptors (Lipinski definition) is 5. The van der Waals surface area contributed by atoms with Crippen LogP contribution in [0.15, 0.2) is 24.3 Å². The highest BCUT2D eigenvalue weighted by Crippen LogP contribution is 2.21. The Morgan fingerprint density at radius 3 is 2.29 bits per heavy atom. The van der Waals surface area contributed by atoms with E-state index in [9.17, 15) is 4.79 Å². The first-order valence-electron chi connectivity index (χ1n) is 5.08. The first kappa shape index (κ1) is 13.6. The SMILES string of the molecule is COC(C)(OC)OOc1ccccc1C(C)=O. The lowest BCUT2D eigenvalue weighted by Crippen LogP contribution is -2.34. The Labute approximate surface area is 100 Å². The molecule has 0 heterocycles. The Morgan fingerprint density at radius 2 is 1.76 bits per heavy atom. The number of para-hydroxylation sites is 1. The second kappa shape index (κ2) is 5.77. The second-order valence-electron chi connectivity index (χ2n) is 3.49. The van der Waals surface area contributed by atoms with Crippen LogP contribution in [-0.4, -0.2) is 26.0 Å². The van der Waals surface area contributed by atoms with Gasteiger partial charge in [-0.25, -0.2) is 0 Å². The summed E-state index contributed by atoms with van der Waals surface area (Å²) in [6.45, 7) is 3.00. The zero-order valence-corrected chi connectivity index (χ0v) is 10.4. The fourth-order valence-electron chi connectivity index (χ4n) is 1.10. The zero-order chi connectivity index (χ0) is 12.9. The number of benzene rings is 1. The summed E-state index contributed by atoms with van der Waals surface area (Å²) in [6, 6.07) is 6.76. The van der Waals surface area contributed by atoms with Gasteiger partial charge < -0.3 is 14.4 Å². The molecule has 0 fully saturated rings. The molecule has 0 aliphatic carbocycles. The lowest BCUT2D eigenvalue weighted by molar-refractivity contribution is -0.455. The van der Waals surface area contributed by atoms with Crippen molar-refractivity contribution in [2.45, 2.75) is 19.8 Å². The average molecular weight is 240 g/mol. The lowest BCUT2D eigenvalue weighted by Gasteiger charge is -2.24. The van der Waals surface area contributed by atoms with Gasteiger partial charge in [-0.3, -0.25) is 4.79 Å². The molecule has 0 unspecified atom stereocenters. The minimum atomic E-state index is -1.32. The molecule has 5 heteroatoms. The Hall–Kier alpha value is -1.43. The monoisotopic (exact) mass is 240 g/mol. The summed E-state index contributed by atoms with van der Waals surface area (Å²) in [5.74, 6) is -1.11. The van der Waals surface area contributed by atoms with E-state index in [-0.39, 0.29) is 5.78 Å². The van der Waals surface area contributed by atoms with Crippen molar-refractivity contribution >= 4 is 5.78 Å². The summed E-state index contributed by atoms with van der Waals surface area (Å²) in [4.78, 5) is 21.4. The molecule has 0 aromatic heterocycles. The molecule has 94 valence electrons. The summed E-state index contributed by atoms with van der Waals surface area (Å²) < 4.78 is 9.91. The maximum Gasteiger partial charge on any atom is 0.319 e. The van der Waals surface area contributed by atoms with Crippen LogP contribution in [0.2, 0.25) is 0 Å².